The molecule has 0 aliphatic rings. The number of carbonyl (C=O) groups is 2. The number of likely N-dealkylation sites (N-methyl/N-ethyl adjacent to an activating group) is 1. The Morgan fingerprint density at radius 1 is 1.08 bits per heavy atom. The van der Waals surface area contributed by atoms with Crippen molar-refractivity contribution >= 4 is 29.7 Å². The quantitative estimate of drug-likeness (QED) is 0.638. The first-order valence-electron chi connectivity index (χ1n) is 7.92. The summed E-state index contributed by atoms with van der Waals surface area (Å²) in [6.45, 7) is 1.87. The van der Waals surface area contributed by atoms with Gasteiger partial charge in [-0.25, -0.2) is 0 Å². The minimum atomic E-state index is -0.270. The number of hydrogen-bond acceptors (Lipinski definition) is 3. The highest BCUT2D eigenvalue weighted by Crippen LogP contribution is 2.16. The van der Waals surface area contributed by atoms with E-state index in [9.17, 15) is 9.59 Å². The molecule has 0 unspecified atom stereocenters. The normalized spacial score (nSPS) is 11.1. The van der Waals surface area contributed by atoms with Gasteiger partial charge in [0.05, 0.1) is 0 Å². The van der Waals surface area contributed by atoms with Crippen molar-refractivity contribution in [3.8, 4) is 0 Å². The molecule has 0 fully saturated rings. The van der Waals surface area contributed by atoms with Gasteiger partial charge < -0.3 is 10.2 Å². The van der Waals surface area contributed by atoms with Gasteiger partial charge in [0.25, 0.3) is 5.91 Å². The smallest absolute Gasteiger partial charge is 0.270 e. The van der Waals surface area contributed by atoms with E-state index in [1.165, 1.54) is 11.8 Å². The van der Waals surface area contributed by atoms with E-state index in [4.69, 9.17) is 0 Å². The van der Waals surface area contributed by atoms with Gasteiger partial charge in [-0.3, -0.25) is 9.59 Å². The van der Waals surface area contributed by atoms with Gasteiger partial charge in [0, 0.05) is 25.4 Å². The molecule has 2 aromatic carbocycles. The Labute approximate surface area is 152 Å². The summed E-state index contributed by atoms with van der Waals surface area (Å²) < 4.78 is 0. The fraction of sp³-hybridized carbons (Fsp3) is 0.200. The minimum Gasteiger partial charge on any atom is -0.336 e. The second-order valence-corrected chi connectivity index (χ2v) is 6.54. The van der Waals surface area contributed by atoms with Crippen molar-refractivity contribution in [3.63, 3.8) is 0 Å². The van der Waals surface area contributed by atoms with Crippen LogP contribution in [0.2, 0.25) is 0 Å². The molecular weight excluding hydrogens is 332 g/mol. The Bertz CT molecular complexity index is 755. The molecule has 1 N–H and O–H groups in total. The van der Waals surface area contributed by atoms with Crippen molar-refractivity contribution in [3.05, 3.63) is 71.4 Å². The third-order valence-corrected chi connectivity index (χ3v) is 4.32. The molecule has 0 saturated heterocycles. The van der Waals surface area contributed by atoms with Crippen LogP contribution in [0.4, 0.5) is 0 Å². The molecule has 0 saturated carbocycles. The lowest BCUT2D eigenvalue weighted by molar-refractivity contribution is -0.128. The number of rotatable bonds is 6. The van der Waals surface area contributed by atoms with Crippen LogP contribution in [-0.2, 0) is 16.1 Å². The number of nitrogens with zero attached hydrogens (tertiary/aromatic N) is 1. The van der Waals surface area contributed by atoms with Gasteiger partial charge >= 0.3 is 0 Å². The summed E-state index contributed by atoms with van der Waals surface area (Å²) in [6, 6.07) is 17.5. The van der Waals surface area contributed by atoms with Crippen molar-refractivity contribution in [2.24, 2.45) is 0 Å². The predicted molar refractivity (Wildman–Crippen MR) is 103 cm³/mol. The van der Waals surface area contributed by atoms with Gasteiger partial charge in [0.15, 0.2) is 0 Å². The van der Waals surface area contributed by atoms with Crippen molar-refractivity contribution in [2.75, 3.05) is 13.3 Å². The van der Waals surface area contributed by atoms with E-state index in [2.05, 4.69) is 5.32 Å². The fourth-order valence-corrected chi connectivity index (χ4v) is 2.75. The van der Waals surface area contributed by atoms with Crippen LogP contribution >= 0.6 is 11.8 Å². The van der Waals surface area contributed by atoms with E-state index in [1.54, 1.807) is 29.8 Å². The van der Waals surface area contributed by atoms with Crippen LogP contribution in [0.15, 0.2) is 65.2 Å². The molecular formula is C20H22N2O2S. The molecule has 2 rings (SSSR count). The lowest BCUT2D eigenvalue weighted by atomic mass is 10.1. The second kappa shape index (κ2) is 9.08. The van der Waals surface area contributed by atoms with Crippen molar-refractivity contribution in [1.29, 1.82) is 0 Å². The zero-order valence-electron chi connectivity index (χ0n) is 14.7. The molecule has 0 heterocycles. The van der Waals surface area contributed by atoms with E-state index in [0.29, 0.717) is 6.54 Å². The SMILES string of the molecule is CSc1ccc(CN(C)C(=O)/C(=C/c2ccccc2)NC(C)=O)cc1. The van der Waals surface area contributed by atoms with Gasteiger partial charge in [-0.1, -0.05) is 42.5 Å². The summed E-state index contributed by atoms with van der Waals surface area (Å²) >= 11 is 1.68. The molecule has 130 valence electrons. The standard InChI is InChI=1S/C20H22N2O2S/c1-15(23)21-19(13-16-7-5-4-6-8-16)20(24)22(2)14-17-9-11-18(25-3)12-10-17/h4-13H,14H2,1-3H3,(H,21,23)/b19-13-. The summed E-state index contributed by atoms with van der Waals surface area (Å²) in [7, 11) is 1.73. The Morgan fingerprint density at radius 3 is 2.28 bits per heavy atom. The fourth-order valence-electron chi connectivity index (χ4n) is 2.34. The van der Waals surface area contributed by atoms with Crippen LogP contribution in [0.25, 0.3) is 6.08 Å². The number of hydrogen-bond donors (Lipinski definition) is 1. The minimum absolute atomic E-state index is 0.229. The number of amides is 2. The molecule has 2 aromatic rings. The summed E-state index contributed by atoms with van der Waals surface area (Å²) in [5, 5.41) is 2.64. The Balaban J connectivity index is 2.16. The largest absolute Gasteiger partial charge is 0.336 e. The average Bonchev–Trinajstić information content (AvgIpc) is 2.61. The van der Waals surface area contributed by atoms with Gasteiger partial charge in [0.2, 0.25) is 5.91 Å². The monoisotopic (exact) mass is 354 g/mol. The van der Waals surface area contributed by atoms with Gasteiger partial charge in [0.1, 0.15) is 5.70 Å². The molecule has 25 heavy (non-hydrogen) atoms. The van der Waals surface area contributed by atoms with E-state index in [-0.39, 0.29) is 17.5 Å². The van der Waals surface area contributed by atoms with Crippen LogP contribution < -0.4 is 5.32 Å². The maximum absolute atomic E-state index is 12.7. The molecule has 4 nitrogen and oxygen atoms in total. The summed E-state index contributed by atoms with van der Waals surface area (Å²) in [5.41, 5.74) is 2.16. The lowest BCUT2D eigenvalue weighted by Crippen LogP contribution is -2.35. The molecule has 2 amide bonds. The third kappa shape index (κ3) is 5.80. The first kappa shape index (κ1) is 18.8. The Hall–Kier alpha value is -2.53. The Morgan fingerprint density at radius 2 is 1.72 bits per heavy atom. The summed E-state index contributed by atoms with van der Waals surface area (Å²) in [5.74, 6) is -0.499. The summed E-state index contributed by atoms with van der Waals surface area (Å²) in [6.07, 6.45) is 3.72. The number of thioether (sulfide) groups is 1. The van der Waals surface area contributed by atoms with E-state index in [0.717, 1.165) is 11.1 Å². The maximum atomic E-state index is 12.7. The molecule has 0 aliphatic carbocycles. The van der Waals surface area contributed by atoms with Crippen LogP contribution in [0, 0.1) is 0 Å². The van der Waals surface area contributed by atoms with Crippen LogP contribution in [0.5, 0.6) is 0 Å². The highest BCUT2D eigenvalue weighted by molar-refractivity contribution is 7.98. The van der Waals surface area contributed by atoms with Crippen LogP contribution in [0.3, 0.4) is 0 Å². The second-order valence-electron chi connectivity index (χ2n) is 5.66. The summed E-state index contributed by atoms with van der Waals surface area (Å²) in [4.78, 5) is 27.0. The van der Waals surface area contributed by atoms with E-state index in [1.807, 2.05) is 60.9 Å². The zero-order valence-corrected chi connectivity index (χ0v) is 15.5. The molecule has 0 atom stereocenters. The number of benzene rings is 2. The van der Waals surface area contributed by atoms with Crippen molar-refractivity contribution in [1.82, 2.24) is 10.2 Å². The van der Waals surface area contributed by atoms with Crippen LogP contribution in [0.1, 0.15) is 18.1 Å². The molecule has 0 spiro atoms. The molecule has 5 heteroatoms. The predicted octanol–water partition coefficient (Wildman–Crippen LogP) is 3.54. The topological polar surface area (TPSA) is 49.4 Å². The molecule has 0 aliphatic heterocycles. The van der Waals surface area contributed by atoms with Gasteiger partial charge in [-0.2, -0.15) is 0 Å². The molecule has 0 aromatic heterocycles. The van der Waals surface area contributed by atoms with Crippen LogP contribution in [-0.4, -0.2) is 30.0 Å². The van der Waals surface area contributed by atoms with E-state index >= 15 is 0 Å². The first-order valence-corrected chi connectivity index (χ1v) is 9.15. The number of nitrogens with one attached hydrogen (secondary N) is 1. The third-order valence-electron chi connectivity index (χ3n) is 3.58. The van der Waals surface area contributed by atoms with E-state index < -0.39 is 0 Å². The number of carbonyl (C=O) groups excluding carboxylic acids is 2. The zero-order chi connectivity index (χ0) is 18.2. The van der Waals surface area contributed by atoms with Crippen molar-refractivity contribution in [2.45, 2.75) is 18.4 Å². The van der Waals surface area contributed by atoms with Gasteiger partial charge in [-0.05, 0) is 35.6 Å². The molecule has 0 bridgehead atoms. The molecule has 0 radical (unpaired) electrons. The van der Waals surface area contributed by atoms with Gasteiger partial charge in [-0.15, -0.1) is 11.8 Å². The Kier molecular flexibility index (Phi) is 6.83. The first-order chi connectivity index (χ1) is 12.0. The lowest BCUT2D eigenvalue weighted by Gasteiger charge is -2.19. The average molecular weight is 354 g/mol. The maximum Gasteiger partial charge on any atom is 0.270 e. The van der Waals surface area contributed by atoms with Crippen molar-refractivity contribution < 1.29 is 9.59 Å². The highest BCUT2D eigenvalue weighted by atomic mass is 32.2. The highest BCUT2D eigenvalue weighted by Gasteiger charge is 2.16.